The Bertz CT molecular complexity index is 1240. The zero-order chi connectivity index (χ0) is 26.6. The van der Waals surface area contributed by atoms with Gasteiger partial charge in [0.1, 0.15) is 12.4 Å². The third-order valence-corrected chi connectivity index (χ3v) is 6.59. The molecule has 0 aliphatic carbocycles. The van der Waals surface area contributed by atoms with E-state index in [0.717, 1.165) is 23.4 Å². The molecule has 8 heteroatoms. The Balaban J connectivity index is 1.89. The Morgan fingerprint density at radius 1 is 1.06 bits per heavy atom. The maximum atomic E-state index is 13.3. The molecule has 0 saturated carbocycles. The van der Waals surface area contributed by atoms with E-state index in [9.17, 15) is 9.59 Å². The molecule has 0 aliphatic rings. The molecule has 192 valence electrons. The van der Waals surface area contributed by atoms with Crippen LogP contribution in [0.1, 0.15) is 62.7 Å². The Morgan fingerprint density at radius 3 is 2.36 bits per heavy atom. The maximum Gasteiger partial charge on any atom is 0.254 e. The molecule has 0 radical (unpaired) electrons. The lowest BCUT2D eigenvalue weighted by Crippen LogP contribution is -2.39. The van der Waals surface area contributed by atoms with Crippen molar-refractivity contribution >= 4 is 40.8 Å². The fraction of sp³-hybridized carbons (Fsp3) is 0.393. The van der Waals surface area contributed by atoms with Crippen LogP contribution < -0.4 is 5.32 Å². The highest BCUT2D eigenvalue weighted by atomic mass is 35.5. The molecule has 0 atom stereocenters. The van der Waals surface area contributed by atoms with Gasteiger partial charge in [-0.3, -0.25) is 9.59 Å². The Labute approximate surface area is 223 Å². The number of amides is 2. The van der Waals surface area contributed by atoms with Crippen molar-refractivity contribution in [2.45, 2.75) is 53.4 Å². The first-order valence-corrected chi connectivity index (χ1v) is 12.8. The van der Waals surface area contributed by atoms with Gasteiger partial charge < -0.3 is 10.2 Å². The maximum absolute atomic E-state index is 13.3. The number of carbonyl (C=O) groups excluding carboxylic acids is 2. The van der Waals surface area contributed by atoms with Crippen molar-refractivity contribution in [1.29, 1.82) is 0 Å². The smallest absolute Gasteiger partial charge is 0.254 e. The van der Waals surface area contributed by atoms with E-state index in [0.29, 0.717) is 33.9 Å². The molecule has 1 aromatic heterocycles. The second-order valence-electron chi connectivity index (χ2n) is 10.4. The fourth-order valence-electron chi connectivity index (χ4n) is 3.66. The van der Waals surface area contributed by atoms with Crippen molar-refractivity contribution in [3.8, 4) is 5.69 Å². The molecule has 0 unspecified atom stereocenters. The fourth-order valence-corrected chi connectivity index (χ4v) is 3.95. The van der Waals surface area contributed by atoms with Gasteiger partial charge in [-0.05, 0) is 49.1 Å². The van der Waals surface area contributed by atoms with E-state index in [1.54, 1.807) is 21.7 Å². The molecule has 6 nitrogen and oxygen atoms in total. The molecule has 3 aromatic rings. The van der Waals surface area contributed by atoms with Gasteiger partial charge in [0.05, 0.1) is 21.4 Å². The van der Waals surface area contributed by atoms with Crippen LogP contribution in [0.4, 0.5) is 5.82 Å². The third kappa shape index (κ3) is 6.89. The summed E-state index contributed by atoms with van der Waals surface area (Å²) >= 11 is 12.2. The summed E-state index contributed by atoms with van der Waals surface area (Å²) in [7, 11) is 0. The van der Waals surface area contributed by atoms with Gasteiger partial charge in [-0.1, -0.05) is 76.0 Å². The van der Waals surface area contributed by atoms with Crippen molar-refractivity contribution in [3.63, 3.8) is 0 Å². The largest absolute Gasteiger partial charge is 0.329 e. The van der Waals surface area contributed by atoms with Crippen LogP contribution in [0.3, 0.4) is 0 Å². The van der Waals surface area contributed by atoms with E-state index in [1.807, 2.05) is 37.3 Å². The molecule has 36 heavy (non-hydrogen) atoms. The van der Waals surface area contributed by atoms with Gasteiger partial charge in [-0.2, -0.15) is 5.10 Å². The highest BCUT2D eigenvalue weighted by Gasteiger charge is 2.24. The summed E-state index contributed by atoms with van der Waals surface area (Å²) in [5.74, 6) is 0.355. The molecule has 0 aliphatic heterocycles. The van der Waals surface area contributed by atoms with Gasteiger partial charge in [0.2, 0.25) is 5.91 Å². The van der Waals surface area contributed by atoms with E-state index in [-0.39, 0.29) is 23.8 Å². The normalized spacial score (nSPS) is 11.6. The van der Waals surface area contributed by atoms with E-state index in [4.69, 9.17) is 28.3 Å². The predicted octanol–water partition coefficient (Wildman–Crippen LogP) is 6.91. The SMILES string of the molecule is Cc1ccccc1-n1nc(C(C)(C)C)cc1NC(=O)CN(CCC(C)C)C(=O)c1ccc(Cl)c(Cl)c1. The molecule has 3 rings (SSSR count). The van der Waals surface area contributed by atoms with Gasteiger partial charge in [0.15, 0.2) is 0 Å². The van der Waals surface area contributed by atoms with E-state index in [2.05, 4.69) is 39.9 Å². The van der Waals surface area contributed by atoms with Crippen LogP contribution in [0.15, 0.2) is 48.5 Å². The standard InChI is InChI=1S/C28H34Cl2N4O2/c1-18(2)13-14-33(27(36)20-11-12-21(29)22(30)15-20)17-26(35)31-25-16-24(28(4,5)6)32-34(25)23-10-8-7-9-19(23)3/h7-12,15-16,18H,13-14,17H2,1-6H3,(H,31,35). The van der Waals surface area contributed by atoms with Crippen molar-refractivity contribution in [1.82, 2.24) is 14.7 Å². The number of anilines is 1. The number of hydrogen-bond donors (Lipinski definition) is 1. The van der Waals surface area contributed by atoms with Crippen molar-refractivity contribution in [3.05, 3.63) is 75.4 Å². The van der Waals surface area contributed by atoms with Crippen LogP contribution in [0.25, 0.3) is 5.69 Å². The van der Waals surface area contributed by atoms with E-state index in [1.165, 1.54) is 6.07 Å². The third-order valence-electron chi connectivity index (χ3n) is 5.85. The number of nitrogens with one attached hydrogen (secondary N) is 1. The Kier molecular flexibility index (Phi) is 8.85. The Hall–Kier alpha value is -2.83. The van der Waals surface area contributed by atoms with Crippen LogP contribution >= 0.6 is 23.2 Å². The summed E-state index contributed by atoms with van der Waals surface area (Å²) in [5.41, 5.74) is 2.95. The van der Waals surface area contributed by atoms with Gasteiger partial charge in [0, 0.05) is 23.6 Å². The van der Waals surface area contributed by atoms with E-state index < -0.39 is 0 Å². The minimum Gasteiger partial charge on any atom is -0.329 e. The summed E-state index contributed by atoms with van der Waals surface area (Å²) < 4.78 is 1.76. The number of aromatic nitrogens is 2. The first-order valence-electron chi connectivity index (χ1n) is 12.1. The lowest BCUT2D eigenvalue weighted by molar-refractivity contribution is -0.117. The van der Waals surface area contributed by atoms with Crippen LogP contribution in [-0.4, -0.2) is 39.6 Å². The lowest BCUT2D eigenvalue weighted by atomic mass is 9.92. The lowest BCUT2D eigenvalue weighted by Gasteiger charge is -2.23. The van der Waals surface area contributed by atoms with Crippen LogP contribution in [-0.2, 0) is 10.2 Å². The number of halogens is 2. The number of carbonyl (C=O) groups is 2. The Morgan fingerprint density at radius 2 is 1.75 bits per heavy atom. The first kappa shape index (κ1) is 27.8. The number of rotatable bonds is 8. The summed E-state index contributed by atoms with van der Waals surface area (Å²) in [6, 6.07) is 14.5. The number of nitrogens with zero attached hydrogens (tertiary/aromatic N) is 3. The number of benzene rings is 2. The number of para-hydroxylation sites is 1. The molecule has 0 spiro atoms. The summed E-state index contributed by atoms with van der Waals surface area (Å²) in [6.07, 6.45) is 0.760. The summed E-state index contributed by atoms with van der Waals surface area (Å²) in [4.78, 5) is 28.1. The highest BCUT2D eigenvalue weighted by molar-refractivity contribution is 6.42. The van der Waals surface area contributed by atoms with Crippen LogP contribution in [0.2, 0.25) is 10.0 Å². The average Bonchev–Trinajstić information content (AvgIpc) is 3.22. The summed E-state index contributed by atoms with van der Waals surface area (Å²) in [5, 5.41) is 8.47. The minimum absolute atomic E-state index is 0.102. The summed E-state index contributed by atoms with van der Waals surface area (Å²) in [6.45, 7) is 12.7. The monoisotopic (exact) mass is 528 g/mol. The molecule has 0 fully saturated rings. The zero-order valence-electron chi connectivity index (χ0n) is 21.7. The molecule has 2 amide bonds. The van der Waals surface area contributed by atoms with Crippen molar-refractivity contribution < 1.29 is 9.59 Å². The topological polar surface area (TPSA) is 67.2 Å². The first-order chi connectivity index (χ1) is 16.9. The second kappa shape index (κ2) is 11.5. The van der Waals surface area contributed by atoms with Crippen molar-refractivity contribution in [2.75, 3.05) is 18.4 Å². The van der Waals surface area contributed by atoms with Gasteiger partial charge in [-0.15, -0.1) is 0 Å². The average molecular weight is 530 g/mol. The van der Waals surface area contributed by atoms with Crippen LogP contribution in [0, 0.1) is 12.8 Å². The number of aryl methyl sites for hydroxylation is 1. The zero-order valence-corrected chi connectivity index (χ0v) is 23.2. The predicted molar refractivity (Wildman–Crippen MR) is 147 cm³/mol. The minimum atomic E-state index is -0.303. The number of hydrogen-bond acceptors (Lipinski definition) is 3. The van der Waals surface area contributed by atoms with E-state index >= 15 is 0 Å². The molecule has 0 bridgehead atoms. The highest BCUT2D eigenvalue weighted by Crippen LogP contribution is 2.28. The van der Waals surface area contributed by atoms with Gasteiger partial charge in [0.25, 0.3) is 5.91 Å². The van der Waals surface area contributed by atoms with Gasteiger partial charge >= 0.3 is 0 Å². The molecule has 0 saturated heterocycles. The van der Waals surface area contributed by atoms with Crippen LogP contribution in [0.5, 0.6) is 0 Å². The second-order valence-corrected chi connectivity index (χ2v) is 11.3. The van der Waals surface area contributed by atoms with Gasteiger partial charge in [-0.25, -0.2) is 4.68 Å². The molecule has 2 aromatic carbocycles. The quantitative estimate of drug-likeness (QED) is 0.345. The molecule has 1 heterocycles. The molecular formula is C28H34Cl2N4O2. The van der Waals surface area contributed by atoms with Crippen molar-refractivity contribution in [2.24, 2.45) is 5.92 Å². The molecular weight excluding hydrogens is 495 g/mol. The molecule has 1 N–H and O–H groups in total.